The van der Waals surface area contributed by atoms with Gasteiger partial charge in [-0.15, -0.1) is 6.42 Å². The molecule has 0 saturated heterocycles. The molecule has 4 rings (SSSR count). The number of aliphatic hydroxyl groups is 2. The summed E-state index contributed by atoms with van der Waals surface area (Å²) in [7, 11) is 0. The fourth-order valence-electron chi connectivity index (χ4n) is 7.03. The molecule has 7 atom stereocenters. The van der Waals surface area contributed by atoms with Crippen LogP contribution in [0.2, 0.25) is 0 Å². The molecule has 3 fully saturated rings. The Morgan fingerprint density at radius 1 is 1.29 bits per heavy atom. The van der Waals surface area contributed by atoms with Crippen LogP contribution in [0, 0.1) is 41.4 Å². The maximum Gasteiger partial charge on any atom is 0.158 e. The van der Waals surface area contributed by atoms with Crippen molar-refractivity contribution in [1.82, 2.24) is 0 Å². The van der Waals surface area contributed by atoms with Gasteiger partial charge in [-0.05, 0) is 68.8 Å². The first-order chi connectivity index (χ1) is 11.5. The number of rotatable bonds is 1. The fourth-order valence-corrected chi connectivity index (χ4v) is 7.03. The molecule has 0 aromatic carbocycles. The predicted molar refractivity (Wildman–Crippen MR) is 91.9 cm³/mol. The summed E-state index contributed by atoms with van der Waals surface area (Å²) >= 11 is 0. The monoisotopic (exact) mass is 328 g/mol. The average molecular weight is 328 g/mol. The van der Waals surface area contributed by atoms with Crippen LogP contribution in [-0.2, 0) is 4.79 Å². The molecule has 0 heterocycles. The summed E-state index contributed by atoms with van der Waals surface area (Å²) in [6.07, 6.45) is 13.9. The van der Waals surface area contributed by atoms with E-state index >= 15 is 0 Å². The summed E-state index contributed by atoms with van der Waals surface area (Å²) in [5, 5.41) is 21.7. The van der Waals surface area contributed by atoms with Gasteiger partial charge in [0.15, 0.2) is 5.78 Å². The molecule has 2 N–H and O–H groups in total. The minimum Gasteiger partial charge on any atom is -0.392 e. The van der Waals surface area contributed by atoms with E-state index in [2.05, 4.69) is 12.8 Å². The van der Waals surface area contributed by atoms with E-state index in [-0.39, 0.29) is 23.5 Å². The van der Waals surface area contributed by atoms with Crippen molar-refractivity contribution in [2.75, 3.05) is 0 Å². The summed E-state index contributed by atoms with van der Waals surface area (Å²) in [5.41, 5.74) is 0.0583. The molecule has 3 heteroatoms. The van der Waals surface area contributed by atoms with Crippen LogP contribution in [0.4, 0.5) is 0 Å². The molecule has 4 aliphatic rings. The van der Waals surface area contributed by atoms with E-state index < -0.39 is 11.7 Å². The second kappa shape index (κ2) is 5.44. The lowest BCUT2D eigenvalue weighted by Gasteiger charge is -2.56. The zero-order valence-electron chi connectivity index (χ0n) is 14.5. The van der Waals surface area contributed by atoms with E-state index in [1.165, 1.54) is 5.57 Å². The molecule has 0 amide bonds. The fraction of sp³-hybridized carbons (Fsp3) is 0.762. The van der Waals surface area contributed by atoms with E-state index in [1.807, 2.05) is 6.08 Å². The number of carbonyl (C=O) groups excluding carboxylic acids is 1. The summed E-state index contributed by atoms with van der Waals surface area (Å²) in [5.74, 6) is 4.39. The van der Waals surface area contributed by atoms with E-state index in [4.69, 9.17) is 6.42 Å². The average Bonchev–Trinajstić information content (AvgIpc) is 2.88. The van der Waals surface area contributed by atoms with Gasteiger partial charge in [0.05, 0.1) is 6.10 Å². The molecule has 0 spiro atoms. The van der Waals surface area contributed by atoms with Crippen molar-refractivity contribution in [3.8, 4) is 12.3 Å². The van der Waals surface area contributed by atoms with Gasteiger partial charge < -0.3 is 10.2 Å². The third-order valence-electron chi connectivity index (χ3n) is 8.04. The van der Waals surface area contributed by atoms with Gasteiger partial charge in [-0.1, -0.05) is 18.4 Å². The number of fused-ring (bicyclic) bond motifs is 5. The Kier molecular flexibility index (Phi) is 3.71. The van der Waals surface area contributed by atoms with Gasteiger partial charge in [0, 0.05) is 17.8 Å². The van der Waals surface area contributed by atoms with E-state index in [0.717, 1.165) is 38.5 Å². The molecule has 0 aromatic rings. The van der Waals surface area contributed by atoms with Crippen LogP contribution in [0.1, 0.15) is 58.3 Å². The first kappa shape index (κ1) is 16.4. The van der Waals surface area contributed by atoms with Crippen LogP contribution < -0.4 is 0 Å². The maximum absolute atomic E-state index is 11.8. The first-order valence-corrected chi connectivity index (χ1v) is 9.57. The van der Waals surface area contributed by atoms with E-state index in [1.54, 1.807) is 0 Å². The summed E-state index contributed by atoms with van der Waals surface area (Å²) in [6, 6.07) is 0. The number of carbonyl (C=O) groups is 1. The Morgan fingerprint density at radius 3 is 2.79 bits per heavy atom. The highest BCUT2D eigenvalue weighted by Crippen LogP contribution is 2.66. The second-order valence-corrected chi connectivity index (χ2v) is 8.55. The highest BCUT2D eigenvalue weighted by atomic mass is 16.3. The molecule has 3 saturated carbocycles. The number of aliphatic hydroxyl groups excluding tert-OH is 1. The highest BCUT2D eigenvalue weighted by molar-refractivity contribution is 5.92. The zero-order valence-corrected chi connectivity index (χ0v) is 14.5. The molecular weight excluding hydrogens is 300 g/mol. The largest absolute Gasteiger partial charge is 0.392 e. The number of hydrogen-bond acceptors (Lipinski definition) is 3. The van der Waals surface area contributed by atoms with Gasteiger partial charge in [-0.3, -0.25) is 4.79 Å². The molecule has 0 aromatic heterocycles. The zero-order chi connectivity index (χ0) is 17.1. The van der Waals surface area contributed by atoms with Crippen molar-refractivity contribution < 1.29 is 15.0 Å². The van der Waals surface area contributed by atoms with Crippen molar-refractivity contribution in [2.45, 2.75) is 70.0 Å². The first-order valence-electron chi connectivity index (χ1n) is 9.57. The van der Waals surface area contributed by atoms with Gasteiger partial charge in [0.25, 0.3) is 0 Å². The minimum absolute atomic E-state index is 0.0773. The third kappa shape index (κ3) is 1.96. The summed E-state index contributed by atoms with van der Waals surface area (Å²) < 4.78 is 0. The Labute approximate surface area is 144 Å². The van der Waals surface area contributed by atoms with Crippen molar-refractivity contribution in [3.63, 3.8) is 0 Å². The topological polar surface area (TPSA) is 57.5 Å². The van der Waals surface area contributed by atoms with E-state index in [9.17, 15) is 15.0 Å². The Morgan fingerprint density at radius 2 is 2.08 bits per heavy atom. The summed E-state index contributed by atoms with van der Waals surface area (Å²) in [4.78, 5) is 11.8. The number of hydrogen-bond donors (Lipinski definition) is 2. The summed E-state index contributed by atoms with van der Waals surface area (Å²) in [6.45, 7) is 2.17. The van der Waals surface area contributed by atoms with Gasteiger partial charge >= 0.3 is 0 Å². The molecule has 0 aliphatic heterocycles. The standard InChI is InChI=1S/C21H28O3/c1-3-20-9-7-16-15(17(20)8-10-21(20,24)4-2)6-5-13-11-14(22)12-18(23)19(13)16/h2,11,15-19,23-24H,3,5-10,12H2,1H3/t15-,16+,17+,18+,19+,20+,21-/m1/s1. The van der Waals surface area contributed by atoms with Crippen molar-refractivity contribution >= 4 is 5.78 Å². The van der Waals surface area contributed by atoms with Crippen LogP contribution in [0.15, 0.2) is 11.6 Å². The van der Waals surface area contributed by atoms with Crippen LogP contribution in [-0.4, -0.2) is 27.7 Å². The molecule has 0 bridgehead atoms. The molecule has 0 unspecified atom stereocenters. The molecule has 3 nitrogen and oxygen atoms in total. The van der Waals surface area contributed by atoms with Gasteiger partial charge in [0.1, 0.15) is 5.60 Å². The SMILES string of the molecule is C#C[C@@]1(O)CC[C@H]2[C@@H]3CCC4=CC(=O)C[C@H](O)[C@@H]4[C@H]3CC[C@@]21CC. The van der Waals surface area contributed by atoms with Crippen LogP contribution in [0.3, 0.4) is 0 Å². The second-order valence-electron chi connectivity index (χ2n) is 8.55. The third-order valence-corrected chi connectivity index (χ3v) is 8.04. The van der Waals surface area contributed by atoms with Gasteiger partial charge in [-0.2, -0.15) is 0 Å². The van der Waals surface area contributed by atoms with Crippen LogP contribution in [0.5, 0.6) is 0 Å². The minimum atomic E-state index is -0.964. The normalized spacial score (nSPS) is 50.3. The molecular formula is C21H28O3. The van der Waals surface area contributed by atoms with Crippen LogP contribution >= 0.6 is 0 Å². The smallest absolute Gasteiger partial charge is 0.158 e. The Balaban J connectivity index is 1.69. The van der Waals surface area contributed by atoms with E-state index in [0.29, 0.717) is 24.2 Å². The molecule has 130 valence electrons. The molecule has 24 heavy (non-hydrogen) atoms. The van der Waals surface area contributed by atoms with Gasteiger partial charge in [0.2, 0.25) is 0 Å². The maximum atomic E-state index is 11.8. The Hall–Kier alpha value is -1.11. The van der Waals surface area contributed by atoms with Crippen LogP contribution in [0.25, 0.3) is 0 Å². The lowest BCUT2D eigenvalue weighted by Crippen LogP contribution is -2.54. The lowest BCUT2D eigenvalue weighted by molar-refractivity contribution is -0.123. The van der Waals surface area contributed by atoms with Crippen molar-refractivity contribution in [3.05, 3.63) is 11.6 Å². The Bertz CT molecular complexity index is 629. The molecule has 4 aliphatic carbocycles. The van der Waals surface area contributed by atoms with Crippen molar-refractivity contribution in [2.24, 2.45) is 29.1 Å². The number of ketones is 1. The molecule has 0 radical (unpaired) electrons. The predicted octanol–water partition coefficient (Wildman–Crippen LogP) is 2.85. The highest BCUT2D eigenvalue weighted by Gasteiger charge is 2.63. The number of terminal acetylenes is 1. The lowest BCUT2D eigenvalue weighted by atomic mass is 9.49. The van der Waals surface area contributed by atoms with Gasteiger partial charge in [-0.25, -0.2) is 0 Å². The van der Waals surface area contributed by atoms with Crippen molar-refractivity contribution in [1.29, 1.82) is 0 Å². The quantitative estimate of drug-likeness (QED) is 0.728.